The summed E-state index contributed by atoms with van der Waals surface area (Å²) in [7, 11) is 1.62. The van der Waals surface area contributed by atoms with E-state index in [0.29, 0.717) is 0 Å². The van der Waals surface area contributed by atoms with E-state index >= 15 is 0 Å². The smallest absolute Gasteiger partial charge is 0.408 e. The average molecular weight is 317 g/mol. The van der Waals surface area contributed by atoms with Crippen LogP contribution >= 0.6 is 0 Å². The van der Waals surface area contributed by atoms with E-state index in [-0.39, 0.29) is 6.61 Å². The minimum Gasteiger partial charge on any atom is -0.497 e. The Hall–Kier alpha value is -2.27. The van der Waals surface area contributed by atoms with Crippen LogP contribution < -0.4 is 10.1 Å². The van der Waals surface area contributed by atoms with Crippen molar-refractivity contribution in [3.63, 3.8) is 0 Å². The normalized spacial score (nSPS) is 12.7. The van der Waals surface area contributed by atoms with E-state index in [1.165, 1.54) is 0 Å². The molecule has 0 aliphatic heterocycles. The number of fused-ring (bicyclic) bond motifs is 1. The molecule has 5 heteroatoms. The summed E-state index contributed by atoms with van der Waals surface area (Å²) in [5, 5.41) is 14.3. The van der Waals surface area contributed by atoms with Crippen LogP contribution in [0.1, 0.15) is 32.4 Å². The molecule has 0 fully saturated rings. The van der Waals surface area contributed by atoms with Crippen LogP contribution in [0.2, 0.25) is 0 Å². The van der Waals surface area contributed by atoms with Gasteiger partial charge in [0.15, 0.2) is 0 Å². The first-order chi connectivity index (χ1) is 10.8. The number of ether oxygens (including phenoxy) is 2. The lowest BCUT2D eigenvalue weighted by atomic mass is 10.0. The molecule has 2 aromatic rings. The highest BCUT2D eigenvalue weighted by atomic mass is 16.6. The van der Waals surface area contributed by atoms with Crippen LogP contribution in [-0.4, -0.2) is 30.5 Å². The van der Waals surface area contributed by atoms with Gasteiger partial charge in [-0.25, -0.2) is 4.79 Å². The quantitative estimate of drug-likeness (QED) is 0.907. The second kappa shape index (κ2) is 6.87. The van der Waals surface area contributed by atoms with Crippen LogP contribution in [0.3, 0.4) is 0 Å². The molecule has 0 bridgehead atoms. The molecule has 124 valence electrons. The molecule has 2 rings (SSSR count). The zero-order valence-electron chi connectivity index (χ0n) is 13.9. The van der Waals surface area contributed by atoms with Crippen molar-refractivity contribution in [2.24, 2.45) is 0 Å². The monoisotopic (exact) mass is 317 g/mol. The fraction of sp³-hybridized carbons (Fsp3) is 0.389. The van der Waals surface area contributed by atoms with Gasteiger partial charge in [0.2, 0.25) is 0 Å². The predicted molar refractivity (Wildman–Crippen MR) is 89.7 cm³/mol. The predicted octanol–water partition coefficient (Wildman–Crippen LogP) is 3.41. The number of alkyl carbamates (subject to hydrolysis) is 1. The molecule has 0 aliphatic rings. The molecule has 0 aromatic heterocycles. The van der Waals surface area contributed by atoms with Crippen LogP contribution in [0.15, 0.2) is 36.4 Å². The van der Waals surface area contributed by atoms with Crippen molar-refractivity contribution in [2.75, 3.05) is 13.7 Å². The molecule has 0 aliphatic carbocycles. The second-order valence-electron chi connectivity index (χ2n) is 6.35. The number of rotatable bonds is 4. The number of methoxy groups -OCH3 is 1. The van der Waals surface area contributed by atoms with Gasteiger partial charge in [0.05, 0.1) is 19.8 Å². The molecule has 1 unspecified atom stereocenters. The van der Waals surface area contributed by atoms with Crippen LogP contribution in [0.5, 0.6) is 5.75 Å². The Morgan fingerprint density at radius 2 is 1.87 bits per heavy atom. The highest BCUT2D eigenvalue weighted by Crippen LogP contribution is 2.24. The lowest BCUT2D eigenvalue weighted by molar-refractivity contribution is 0.0482. The molecule has 2 N–H and O–H groups in total. The number of hydrogen-bond acceptors (Lipinski definition) is 4. The third-order valence-electron chi connectivity index (χ3n) is 3.35. The van der Waals surface area contributed by atoms with Gasteiger partial charge >= 0.3 is 6.09 Å². The van der Waals surface area contributed by atoms with Crippen molar-refractivity contribution in [3.8, 4) is 5.75 Å². The third-order valence-corrected chi connectivity index (χ3v) is 3.35. The zero-order chi connectivity index (χ0) is 17.0. The number of carbonyl (C=O) groups is 1. The first-order valence-electron chi connectivity index (χ1n) is 7.50. The number of amides is 1. The fourth-order valence-corrected chi connectivity index (χ4v) is 2.27. The van der Waals surface area contributed by atoms with Gasteiger partial charge in [-0.15, -0.1) is 0 Å². The maximum Gasteiger partial charge on any atom is 0.408 e. The molecular formula is C18H23NO4. The lowest BCUT2D eigenvalue weighted by Crippen LogP contribution is -2.36. The van der Waals surface area contributed by atoms with Gasteiger partial charge in [-0.2, -0.15) is 0 Å². The van der Waals surface area contributed by atoms with E-state index in [2.05, 4.69) is 5.32 Å². The topological polar surface area (TPSA) is 67.8 Å². The van der Waals surface area contributed by atoms with Crippen molar-refractivity contribution in [1.29, 1.82) is 0 Å². The third kappa shape index (κ3) is 4.60. The van der Waals surface area contributed by atoms with Gasteiger partial charge in [-0.3, -0.25) is 0 Å². The summed E-state index contributed by atoms with van der Waals surface area (Å²) in [5.74, 6) is 0.760. The van der Waals surface area contributed by atoms with Gasteiger partial charge in [-0.1, -0.05) is 18.2 Å². The Morgan fingerprint density at radius 1 is 1.17 bits per heavy atom. The average Bonchev–Trinajstić information content (AvgIpc) is 2.49. The Labute approximate surface area is 136 Å². The lowest BCUT2D eigenvalue weighted by Gasteiger charge is -2.23. The maximum atomic E-state index is 11.9. The molecule has 2 aromatic carbocycles. The van der Waals surface area contributed by atoms with E-state index in [4.69, 9.17) is 9.47 Å². The number of hydrogen-bond donors (Lipinski definition) is 2. The summed E-state index contributed by atoms with van der Waals surface area (Å²) >= 11 is 0. The summed E-state index contributed by atoms with van der Waals surface area (Å²) in [5.41, 5.74) is 0.222. The second-order valence-corrected chi connectivity index (χ2v) is 6.35. The van der Waals surface area contributed by atoms with Crippen molar-refractivity contribution in [2.45, 2.75) is 32.4 Å². The number of benzene rings is 2. The van der Waals surface area contributed by atoms with Crippen LogP contribution in [0.4, 0.5) is 4.79 Å². The van der Waals surface area contributed by atoms with Gasteiger partial charge < -0.3 is 19.9 Å². The first-order valence-corrected chi connectivity index (χ1v) is 7.50. The fourth-order valence-electron chi connectivity index (χ4n) is 2.27. The maximum absolute atomic E-state index is 11.9. The van der Waals surface area contributed by atoms with Gasteiger partial charge in [0, 0.05) is 0 Å². The van der Waals surface area contributed by atoms with E-state index in [1.807, 2.05) is 36.4 Å². The number of carbonyl (C=O) groups excluding carboxylic acids is 1. The van der Waals surface area contributed by atoms with Crippen molar-refractivity contribution in [3.05, 3.63) is 42.0 Å². The van der Waals surface area contributed by atoms with Crippen molar-refractivity contribution >= 4 is 16.9 Å². The largest absolute Gasteiger partial charge is 0.497 e. The molecular weight excluding hydrogens is 294 g/mol. The van der Waals surface area contributed by atoms with Crippen LogP contribution in [0.25, 0.3) is 10.8 Å². The molecule has 0 heterocycles. The number of aliphatic hydroxyl groups excluding tert-OH is 1. The number of nitrogens with one attached hydrogen (secondary N) is 1. The Balaban J connectivity index is 2.23. The van der Waals surface area contributed by atoms with Crippen molar-refractivity contribution < 1.29 is 19.4 Å². The minimum absolute atomic E-state index is 0.214. The van der Waals surface area contributed by atoms with Crippen LogP contribution in [-0.2, 0) is 4.74 Å². The molecule has 0 saturated carbocycles. The summed E-state index contributed by atoms with van der Waals surface area (Å²) in [4.78, 5) is 11.9. The summed E-state index contributed by atoms with van der Waals surface area (Å²) in [6.07, 6.45) is -0.553. The highest BCUT2D eigenvalue weighted by Gasteiger charge is 2.20. The molecule has 0 spiro atoms. The van der Waals surface area contributed by atoms with E-state index in [9.17, 15) is 9.90 Å². The Morgan fingerprint density at radius 3 is 2.48 bits per heavy atom. The Bertz CT molecular complexity index is 691. The van der Waals surface area contributed by atoms with E-state index in [0.717, 1.165) is 22.1 Å². The highest BCUT2D eigenvalue weighted by molar-refractivity contribution is 5.84. The molecule has 5 nitrogen and oxygen atoms in total. The Kier molecular flexibility index (Phi) is 5.11. The minimum atomic E-state index is -0.583. The van der Waals surface area contributed by atoms with Gasteiger partial charge in [-0.05, 0) is 55.3 Å². The molecule has 1 atom stereocenters. The van der Waals surface area contributed by atoms with Gasteiger partial charge in [0.25, 0.3) is 0 Å². The SMILES string of the molecule is COc1ccc2ccc(C(CO)NC(=O)OC(C)(C)C)cc2c1. The molecule has 23 heavy (non-hydrogen) atoms. The van der Waals surface area contributed by atoms with E-state index in [1.54, 1.807) is 27.9 Å². The van der Waals surface area contributed by atoms with Crippen molar-refractivity contribution in [1.82, 2.24) is 5.32 Å². The summed E-state index contributed by atoms with van der Waals surface area (Å²) in [6, 6.07) is 11.0. The number of aliphatic hydroxyl groups is 1. The zero-order valence-corrected chi connectivity index (χ0v) is 13.9. The molecule has 0 saturated heterocycles. The van der Waals surface area contributed by atoms with Gasteiger partial charge in [0.1, 0.15) is 11.4 Å². The first kappa shape index (κ1) is 17.1. The summed E-state index contributed by atoms with van der Waals surface area (Å²) in [6.45, 7) is 5.17. The van der Waals surface area contributed by atoms with Crippen LogP contribution in [0, 0.1) is 0 Å². The standard InChI is InChI=1S/C18H23NO4/c1-18(2,3)23-17(21)19-16(11-20)13-6-5-12-7-8-15(22-4)10-14(12)9-13/h5-10,16,20H,11H2,1-4H3,(H,19,21). The van der Waals surface area contributed by atoms with E-state index < -0.39 is 17.7 Å². The summed E-state index contributed by atoms with van der Waals surface area (Å²) < 4.78 is 10.5. The molecule has 1 amide bonds. The molecule has 0 radical (unpaired) electrons.